The standard InChI is InChI=1S/C27H51O18P3/c1-4-7-10-13-40-22-23(41-14-11-8-5-2)25(43-46(34,35)16-19(28)29)27(45-48(38,39)18-21(32)33)26(24(22)42-15-12-9-6-3)44-47(36,37)17-20(30)31/h22-27H,4-18H2,1-3H3,(H,28,29)(H,30,31)(H,32,33)(H,34,35)(H,36,37)(H,38,39). The molecule has 1 saturated carbocycles. The van der Waals surface area contributed by atoms with Crippen LogP contribution in [0, 0.1) is 0 Å². The van der Waals surface area contributed by atoms with Gasteiger partial charge < -0.3 is 44.2 Å². The van der Waals surface area contributed by atoms with Gasteiger partial charge in [-0.15, -0.1) is 0 Å². The van der Waals surface area contributed by atoms with Crippen molar-refractivity contribution in [1.29, 1.82) is 0 Å². The van der Waals surface area contributed by atoms with Crippen LogP contribution in [-0.2, 0) is 55.9 Å². The molecule has 48 heavy (non-hydrogen) atoms. The van der Waals surface area contributed by atoms with E-state index in [0.717, 1.165) is 19.3 Å². The fraction of sp³-hybridized carbons (Fsp3) is 0.889. The summed E-state index contributed by atoms with van der Waals surface area (Å²) in [7, 11) is -15.6. The van der Waals surface area contributed by atoms with Gasteiger partial charge in [0, 0.05) is 19.8 Å². The summed E-state index contributed by atoms with van der Waals surface area (Å²) < 4.78 is 73.7. The maximum absolute atomic E-state index is 13.1. The van der Waals surface area contributed by atoms with Crippen molar-refractivity contribution in [3.8, 4) is 0 Å². The van der Waals surface area contributed by atoms with Crippen molar-refractivity contribution in [3.63, 3.8) is 0 Å². The highest BCUT2D eigenvalue weighted by molar-refractivity contribution is 7.54. The first-order valence-electron chi connectivity index (χ1n) is 15.9. The summed E-state index contributed by atoms with van der Waals surface area (Å²) in [6, 6.07) is 0. The van der Waals surface area contributed by atoms with Gasteiger partial charge in [0.1, 0.15) is 55.1 Å². The molecule has 0 heterocycles. The van der Waals surface area contributed by atoms with E-state index in [1.807, 2.05) is 20.8 Å². The number of hydrogen-bond acceptors (Lipinski definition) is 12. The third kappa shape index (κ3) is 17.1. The Morgan fingerprint density at radius 1 is 0.458 bits per heavy atom. The predicted octanol–water partition coefficient (Wildman–Crippen LogP) is 3.69. The first-order chi connectivity index (χ1) is 22.4. The lowest BCUT2D eigenvalue weighted by Crippen LogP contribution is -2.67. The van der Waals surface area contributed by atoms with E-state index in [1.54, 1.807) is 0 Å². The molecule has 0 spiro atoms. The molecule has 0 aliphatic heterocycles. The summed E-state index contributed by atoms with van der Waals surface area (Å²) in [5, 5.41) is 27.8. The summed E-state index contributed by atoms with van der Waals surface area (Å²) in [5.74, 6) is -5.31. The number of hydrogen-bond donors (Lipinski definition) is 6. The maximum Gasteiger partial charge on any atom is 0.339 e. The van der Waals surface area contributed by atoms with Gasteiger partial charge in [0.05, 0.1) is 0 Å². The molecule has 21 heteroatoms. The summed E-state index contributed by atoms with van der Waals surface area (Å²) in [6.07, 6.45) is -9.48. The molecular weight excluding hydrogens is 705 g/mol. The Bertz CT molecular complexity index is 1090. The zero-order valence-electron chi connectivity index (χ0n) is 27.5. The lowest BCUT2D eigenvalue weighted by atomic mass is 9.84. The van der Waals surface area contributed by atoms with Gasteiger partial charge in [-0.05, 0) is 19.3 Å². The normalized spacial score (nSPS) is 26.6. The van der Waals surface area contributed by atoms with Crippen LogP contribution >= 0.6 is 22.8 Å². The minimum atomic E-state index is -5.24. The lowest BCUT2D eigenvalue weighted by Gasteiger charge is -2.50. The number of carbonyl (C=O) groups is 3. The van der Waals surface area contributed by atoms with Crippen LogP contribution in [-0.4, -0.2) is 123 Å². The molecule has 1 fully saturated rings. The Morgan fingerprint density at radius 3 is 0.917 bits per heavy atom. The van der Waals surface area contributed by atoms with Gasteiger partial charge in [-0.3, -0.25) is 41.6 Å². The Hall–Kier alpha value is -1.26. The van der Waals surface area contributed by atoms with Gasteiger partial charge in [-0.2, -0.15) is 0 Å². The molecule has 282 valence electrons. The van der Waals surface area contributed by atoms with Crippen molar-refractivity contribution in [2.75, 3.05) is 38.3 Å². The highest BCUT2D eigenvalue weighted by Gasteiger charge is 2.59. The highest BCUT2D eigenvalue weighted by Crippen LogP contribution is 2.54. The molecule has 1 rings (SSSR count). The minimum absolute atomic E-state index is 0.0302. The molecule has 1 aliphatic carbocycles. The smallest absolute Gasteiger partial charge is 0.339 e. The summed E-state index contributed by atoms with van der Waals surface area (Å²) in [6.45, 7) is 5.72. The lowest BCUT2D eigenvalue weighted by molar-refractivity contribution is -0.245. The van der Waals surface area contributed by atoms with E-state index >= 15 is 0 Å². The number of aliphatic carboxylic acids is 3. The van der Waals surface area contributed by atoms with E-state index < -0.39 is 95.8 Å². The van der Waals surface area contributed by atoms with E-state index in [4.69, 9.17) is 27.8 Å². The minimum Gasteiger partial charge on any atom is -0.481 e. The van der Waals surface area contributed by atoms with Gasteiger partial charge in [0.2, 0.25) is 0 Å². The van der Waals surface area contributed by atoms with Crippen LogP contribution in [0.25, 0.3) is 0 Å². The zero-order chi connectivity index (χ0) is 36.5. The van der Waals surface area contributed by atoms with Crippen LogP contribution in [0.4, 0.5) is 0 Å². The number of carboxylic acid groups (broad SMARTS) is 3. The Kier molecular flexibility index (Phi) is 20.4. The maximum atomic E-state index is 13.1. The van der Waals surface area contributed by atoms with Crippen LogP contribution in [0.3, 0.4) is 0 Å². The first-order valence-corrected chi connectivity index (χ1v) is 21.2. The van der Waals surface area contributed by atoms with Crippen molar-refractivity contribution in [2.24, 2.45) is 0 Å². The Labute approximate surface area is 280 Å². The molecule has 7 atom stereocenters. The molecule has 0 amide bonds. The molecule has 0 radical (unpaired) electrons. The van der Waals surface area contributed by atoms with E-state index in [0.29, 0.717) is 38.5 Å². The third-order valence-electron chi connectivity index (χ3n) is 6.98. The molecule has 7 unspecified atom stereocenters. The second kappa shape index (κ2) is 21.8. The van der Waals surface area contributed by atoms with Crippen LogP contribution in [0.2, 0.25) is 0 Å². The van der Waals surface area contributed by atoms with Gasteiger partial charge in [0.15, 0.2) is 0 Å². The van der Waals surface area contributed by atoms with Crippen molar-refractivity contribution in [2.45, 2.75) is 115 Å². The highest BCUT2D eigenvalue weighted by atomic mass is 31.2. The Morgan fingerprint density at radius 2 is 0.688 bits per heavy atom. The molecule has 18 nitrogen and oxygen atoms in total. The van der Waals surface area contributed by atoms with Crippen LogP contribution < -0.4 is 0 Å². The molecule has 0 aromatic heterocycles. The van der Waals surface area contributed by atoms with Crippen molar-refractivity contribution >= 4 is 40.7 Å². The van der Waals surface area contributed by atoms with E-state index in [2.05, 4.69) is 0 Å². The Balaban J connectivity index is 4.01. The van der Waals surface area contributed by atoms with Crippen molar-refractivity contribution in [1.82, 2.24) is 0 Å². The second-order valence-electron chi connectivity index (χ2n) is 11.4. The van der Waals surface area contributed by atoms with Crippen molar-refractivity contribution in [3.05, 3.63) is 0 Å². The summed E-state index contributed by atoms with van der Waals surface area (Å²) >= 11 is 0. The fourth-order valence-electron chi connectivity index (χ4n) is 4.96. The monoisotopic (exact) mass is 756 g/mol. The summed E-state index contributed by atoms with van der Waals surface area (Å²) in [4.78, 5) is 66.0. The second-order valence-corrected chi connectivity index (χ2v) is 16.8. The largest absolute Gasteiger partial charge is 0.481 e. The van der Waals surface area contributed by atoms with Crippen molar-refractivity contribution < 1.29 is 85.9 Å². The van der Waals surface area contributed by atoms with E-state index in [9.17, 15) is 58.1 Å². The fourth-order valence-corrected chi connectivity index (χ4v) is 8.07. The molecule has 0 bridgehead atoms. The molecule has 1 aliphatic rings. The molecule has 0 aromatic carbocycles. The van der Waals surface area contributed by atoms with Crippen LogP contribution in [0.1, 0.15) is 78.6 Å². The van der Waals surface area contributed by atoms with Gasteiger partial charge in [0.25, 0.3) is 0 Å². The number of carboxylic acids is 3. The molecule has 6 N–H and O–H groups in total. The third-order valence-corrected chi connectivity index (χ3v) is 10.7. The number of unbranched alkanes of at least 4 members (excludes halogenated alkanes) is 6. The van der Waals surface area contributed by atoms with E-state index in [1.165, 1.54) is 0 Å². The molecule has 0 aromatic rings. The zero-order valence-corrected chi connectivity index (χ0v) is 30.2. The number of ether oxygens (including phenoxy) is 3. The topological polar surface area (TPSA) is 279 Å². The average Bonchev–Trinajstić information content (AvgIpc) is 2.93. The molecule has 0 saturated heterocycles. The SMILES string of the molecule is CCCCCOC1C(OCCCCC)C(OP(=O)(O)CC(=O)O)C(OP(=O)(O)CC(=O)O)C(OP(=O)(O)CC(=O)O)C1OCCCCC. The first kappa shape index (κ1) is 44.8. The van der Waals surface area contributed by atoms with Crippen LogP contribution in [0.15, 0.2) is 0 Å². The van der Waals surface area contributed by atoms with Gasteiger partial charge in [-0.1, -0.05) is 59.3 Å². The van der Waals surface area contributed by atoms with E-state index in [-0.39, 0.29) is 19.8 Å². The number of rotatable bonds is 27. The summed E-state index contributed by atoms with van der Waals surface area (Å²) in [5.41, 5.74) is 0. The predicted molar refractivity (Wildman–Crippen MR) is 169 cm³/mol. The van der Waals surface area contributed by atoms with Gasteiger partial charge in [-0.25, -0.2) is 0 Å². The van der Waals surface area contributed by atoms with Crippen LogP contribution in [0.5, 0.6) is 0 Å². The average molecular weight is 757 g/mol. The quantitative estimate of drug-likeness (QED) is 0.0515. The molecular formula is C27H51O18P3. The van der Waals surface area contributed by atoms with Gasteiger partial charge >= 0.3 is 40.7 Å².